The summed E-state index contributed by atoms with van der Waals surface area (Å²) >= 11 is -0.0979. The van der Waals surface area contributed by atoms with E-state index in [9.17, 15) is 13.2 Å². The van der Waals surface area contributed by atoms with Crippen LogP contribution in [0.1, 0.15) is 0 Å². The number of sulfone groups is 1. The zero-order valence-electron chi connectivity index (χ0n) is 10.1. The van der Waals surface area contributed by atoms with Gasteiger partial charge in [-0.2, -0.15) is 0 Å². The maximum atomic E-state index is 12.0. The van der Waals surface area contributed by atoms with Crippen molar-refractivity contribution in [2.75, 3.05) is 12.9 Å². The van der Waals surface area contributed by atoms with Gasteiger partial charge in [0.2, 0.25) is 0 Å². The predicted octanol–water partition coefficient (Wildman–Crippen LogP) is 1.27. The SMILES string of the molecule is COC(=O)/C(=C/CS(=O)(=O)c1ccccc1)[Se]C. The normalized spacial score (nSPS) is 12.2. The van der Waals surface area contributed by atoms with Crippen LogP contribution < -0.4 is 0 Å². The molecule has 1 aromatic rings. The van der Waals surface area contributed by atoms with Gasteiger partial charge in [-0.1, -0.05) is 0 Å². The summed E-state index contributed by atoms with van der Waals surface area (Å²) in [6.07, 6.45) is 1.44. The number of rotatable bonds is 5. The summed E-state index contributed by atoms with van der Waals surface area (Å²) in [6.45, 7) is 0. The molecular weight excluding hydrogens is 319 g/mol. The zero-order chi connectivity index (χ0) is 13.6. The van der Waals surface area contributed by atoms with E-state index in [0.29, 0.717) is 4.47 Å². The van der Waals surface area contributed by atoms with Gasteiger partial charge in [0.1, 0.15) is 0 Å². The van der Waals surface area contributed by atoms with Crippen molar-refractivity contribution in [2.24, 2.45) is 0 Å². The molecule has 0 atom stereocenters. The van der Waals surface area contributed by atoms with Gasteiger partial charge in [-0.25, -0.2) is 0 Å². The van der Waals surface area contributed by atoms with Crippen LogP contribution >= 0.6 is 0 Å². The van der Waals surface area contributed by atoms with Crippen LogP contribution in [0.2, 0.25) is 5.82 Å². The van der Waals surface area contributed by atoms with Crippen molar-refractivity contribution in [2.45, 2.75) is 10.7 Å². The second-order valence-electron chi connectivity index (χ2n) is 3.36. The molecule has 0 bridgehead atoms. The van der Waals surface area contributed by atoms with E-state index < -0.39 is 15.8 Å². The molecule has 0 heterocycles. The maximum absolute atomic E-state index is 12.0. The number of methoxy groups -OCH3 is 1. The number of carbonyl (C=O) groups excluding carboxylic acids is 1. The Hall–Kier alpha value is -1.10. The number of carbonyl (C=O) groups is 1. The minimum atomic E-state index is -3.38. The monoisotopic (exact) mass is 334 g/mol. The van der Waals surface area contributed by atoms with Crippen molar-refractivity contribution in [1.29, 1.82) is 0 Å². The molecule has 1 rings (SSSR count). The van der Waals surface area contributed by atoms with Crippen molar-refractivity contribution < 1.29 is 17.9 Å². The van der Waals surface area contributed by atoms with Crippen LogP contribution in [0.4, 0.5) is 0 Å². The molecule has 0 radical (unpaired) electrons. The minimum absolute atomic E-state index is 0.0979. The third-order valence-electron chi connectivity index (χ3n) is 2.20. The third kappa shape index (κ3) is 3.98. The molecule has 0 aliphatic heterocycles. The van der Waals surface area contributed by atoms with Gasteiger partial charge >= 0.3 is 113 Å². The molecule has 6 heteroatoms. The molecule has 0 aromatic heterocycles. The Labute approximate surface area is 113 Å². The second-order valence-corrected chi connectivity index (χ2v) is 7.17. The fourth-order valence-electron chi connectivity index (χ4n) is 1.26. The Morgan fingerprint density at radius 1 is 1.33 bits per heavy atom. The standard InChI is InChI=1S/C12H14O4SSe/c1-16-12(13)11(18-2)8-9-17(14,15)10-6-4-3-5-7-10/h3-8H,9H2,1-2H3/b11-8-. The van der Waals surface area contributed by atoms with E-state index in [2.05, 4.69) is 4.74 Å². The van der Waals surface area contributed by atoms with Crippen LogP contribution in [-0.4, -0.2) is 42.2 Å². The van der Waals surface area contributed by atoms with Crippen molar-refractivity contribution >= 4 is 30.8 Å². The molecule has 1 aromatic carbocycles. The first-order chi connectivity index (χ1) is 8.51. The van der Waals surface area contributed by atoms with Crippen molar-refractivity contribution in [3.8, 4) is 0 Å². The average molecular weight is 333 g/mol. The van der Waals surface area contributed by atoms with Gasteiger partial charge in [-0.3, -0.25) is 0 Å². The van der Waals surface area contributed by atoms with Gasteiger partial charge < -0.3 is 0 Å². The van der Waals surface area contributed by atoms with Crippen LogP contribution in [0.5, 0.6) is 0 Å². The van der Waals surface area contributed by atoms with Gasteiger partial charge in [0.15, 0.2) is 0 Å². The van der Waals surface area contributed by atoms with Crippen molar-refractivity contribution in [1.82, 2.24) is 0 Å². The number of hydrogen-bond acceptors (Lipinski definition) is 4. The van der Waals surface area contributed by atoms with Crippen LogP contribution in [-0.2, 0) is 19.4 Å². The van der Waals surface area contributed by atoms with E-state index in [1.807, 2.05) is 5.82 Å². The Kier molecular flexibility index (Phi) is 5.59. The van der Waals surface area contributed by atoms with Gasteiger partial charge in [-0.05, 0) is 0 Å². The summed E-state index contributed by atoms with van der Waals surface area (Å²) < 4.78 is 29.0. The Morgan fingerprint density at radius 3 is 2.44 bits per heavy atom. The molecule has 0 aliphatic carbocycles. The van der Waals surface area contributed by atoms with Gasteiger partial charge in [0, 0.05) is 0 Å². The summed E-state index contributed by atoms with van der Waals surface area (Å²) in [6, 6.07) is 8.17. The molecule has 0 saturated carbocycles. The van der Waals surface area contributed by atoms with E-state index in [-0.39, 0.29) is 25.6 Å². The molecule has 0 aliphatic rings. The third-order valence-corrected chi connectivity index (χ3v) is 5.42. The zero-order valence-corrected chi connectivity index (χ0v) is 12.7. The first-order valence-corrected chi connectivity index (χ1v) is 9.33. The van der Waals surface area contributed by atoms with E-state index in [4.69, 9.17) is 0 Å². The predicted molar refractivity (Wildman–Crippen MR) is 70.2 cm³/mol. The van der Waals surface area contributed by atoms with Gasteiger partial charge in [-0.15, -0.1) is 0 Å². The molecule has 0 spiro atoms. The Morgan fingerprint density at radius 2 is 1.94 bits per heavy atom. The van der Waals surface area contributed by atoms with E-state index in [1.54, 1.807) is 18.2 Å². The van der Waals surface area contributed by atoms with Gasteiger partial charge in [0.25, 0.3) is 0 Å². The van der Waals surface area contributed by atoms with Crippen molar-refractivity contribution in [3.63, 3.8) is 0 Å². The first-order valence-electron chi connectivity index (χ1n) is 5.11. The van der Waals surface area contributed by atoms with Crippen LogP contribution in [0.25, 0.3) is 0 Å². The quantitative estimate of drug-likeness (QED) is 0.463. The second kappa shape index (κ2) is 6.73. The summed E-state index contributed by atoms with van der Waals surface area (Å²) in [5.74, 6) is 1.20. The summed E-state index contributed by atoms with van der Waals surface area (Å²) in [4.78, 5) is 11.6. The molecule has 0 saturated heterocycles. The van der Waals surface area contributed by atoms with Crippen molar-refractivity contribution in [3.05, 3.63) is 40.9 Å². The molecule has 4 nitrogen and oxygen atoms in total. The molecule has 18 heavy (non-hydrogen) atoms. The fourth-order valence-corrected chi connectivity index (χ4v) is 3.70. The first kappa shape index (κ1) is 15.0. The number of ether oxygens (including phenoxy) is 1. The molecular formula is C12H14O4SSe. The Balaban J connectivity index is 2.91. The summed E-state index contributed by atoms with van der Waals surface area (Å²) in [5.41, 5.74) is 0. The fraction of sp³-hybridized carbons (Fsp3) is 0.250. The molecule has 0 N–H and O–H groups in total. The number of benzene rings is 1. The van der Waals surface area contributed by atoms with E-state index in [1.165, 1.54) is 25.3 Å². The molecule has 98 valence electrons. The Bertz CT molecular complexity index is 534. The summed E-state index contributed by atoms with van der Waals surface area (Å²) in [5, 5.41) is 0. The molecule has 0 amide bonds. The number of esters is 1. The molecule has 0 unspecified atom stereocenters. The molecule has 0 fully saturated rings. The topological polar surface area (TPSA) is 60.4 Å². The van der Waals surface area contributed by atoms with E-state index >= 15 is 0 Å². The number of hydrogen-bond donors (Lipinski definition) is 0. The average Bonchev–Trinajstić information content (AvgIpc) is 2.40. The van der Waals surface area contributed by atoms with Crippen LogP contribution in [0.3, 0.4) is 0 Å². The van der Waals surface area contributed by atoms with Gasteiger partial charge in [0.05, 0.1) is 0 Å². The van der Waals surface area contributed by atoms with E-state index in [0.717, 1.165) is 0 Å². The van der Waals surface area contributed by atoms with Crippen LogP contribution in [0, 0.1) is 0 Å². The van der Waals surface area contributed by atoms with Crippen LogP contribution in [0.15, 0.2) is 45.8 Å². The summed E-state index contributed by atoms with van der Waals surface area (Å²) in [7, 11) is -2.10.